The summed E-state index contributed by atoms with van der Waals surface area (Å²) >= 11 is 0. The minimum absolute atomic E-state index is 0.218. The largest absolute Gasteiger partial charge is 0.322 e. The lowest BCUT2D eigenvalue weighted by Gasteiger charge is -2.10. The summed E-state index contributed by atoms with van der Waals surface area (Å²) in [5.41, 5.74) is 5.09. The van der Waals surface area contributed by atoms with Crippen molar-refractivity contribution in [2.45, 2.75) is 33.6 Å². The van der Waals surface area contributed by atoms with Gasteiger partial charge in [-0.25, -0.2) is 14.1 Å². The number of rotatable bonds is 4. The molecule has 0 saturated carbocycles. The third-order valence-corrected chi connectivity index (χ3v) is 5.09. The number of anilines is 1. The fourth-order valence-electron chi connectivity index (χ4n) is 3.51. The van der Waals surface area contributed by atoms with E-state index in [0.717, 1.165) is 5.69 Å². The van der Waals surface area contributed by atoms with Gasteiger partial charge in [0.15, 0.2) is 5.65 Å². The van der Waals surface area contributed by atoms with Crippen molar-refractivity contribution in [3.63, 3.8) is 0 Å². The van der Waals surface area contributed by atoms with Crippen LogP contribution in [0, 0.1) is 19.7 Å². The molecule has 0 saturated heterocycles. The fraction of sp³-hybridized carbons (Fsp3) is 0.208. The van der Waals surface area contributed by atoms with Gasteiger partial charge >= 0.3 is 0 Å². The molecular weight excluding hydrogens is 379 g/mol. The summed E-state index contributed by atoms with van der Waals surface area (Å²) in [6.07, 6.45) is 0. The number of carbonyl (C=O) groups excluding carboxylic acids is 1. The van der Waals surface area contributed by atoms with E-state index in [0.29, 0.717) is 39.6 Å². The number of carbonyl (C=O) groups is 1. The fourth-order valence-corrected chi connectivity index (χ4v) is 3.51. The van der Waals surface area contributed by atoms with Crippen LogP contribution in [0.15, 0.2) is 54.6 Å². The molecule has 0 bridgehead atoms. The van der Waals surface area contributed by atoms with Crippen molar-refractivity contribution in [1.82, 2.24) is 14.8 Å². The Labute approximate surface area is 174 Å². The Morgan fingerprint density at radius 2 is 1.70 bits per heavy atom. The van der Waals surface area contributed by atoms with E-state index in [4.69, 9.17) is 0 Å². The van der Waals surface area contributed by atoms with Crippen LogP contribution >= 0.6 is 0 Å². The Kier molecular flexibility index (Phi) is 5.08. The zero-order valence-electron chi connectivity index (χ0n) is 17.4. The van der Waals surface area contributed by atoms with Gasteiger partial charge in [0.05, 0.1) is 22.3 Å². The van der Waals surface area contributed by atoms with Crippen molar-refractivity contribution in [3.05, 3.63) is 82.9 Å². The van der Waals surface area contributed by atoms with Gasteiger partial charge < -0.3 is 5.32 Å². The van der Waals surface area contributed by atoms with Crippen molar-refractivity contribution in [1.29, 1.82) is 0 Å². The number of pyridine rings is 1. The van der Waals surface area contributed by atoms with Gasteiger partial charge in [0.25, 0.3) is 5.91 Å². The second-order valence-electron chi connectivity index (χ2n) is 7.71. The van der Waals surface area contributed by atoms with Gasteiger partial charge in [-0.2, -0.15) is 5.10 Å². The van der Waals surface area contributed by atoms with Crippen LogP contribution in [0.5, 0.6) is 0 Å². The number of hydrogen-bond acceptors (Lipinski definition) is 3. The Morgan fingerprint density at radius 1 is 1.03 bits per heavy atom. The number of amides is 1. The van der Waals surface area contributed by atoms with Crippen LogP contribution in [-0.2, 0) is 0 Å². The third kappa shape index (κ3) is 3.68. The molecule has 0 aliphatic carbocycles. The molecule has 0 aliphatic heterocycles. The maximum atomic E-state index is 13.3. The summed E-state index contributed by atoms with van der Waals surface area (Å²) in [7, 11) is 0. The van der Waals surface area contributed by atoms with Crippen LogP contribution in [0.4, 0.5) is 10.1 Å². The quantitative estimate of drug-likeness (QED) is 0.487. The number of aromatic nitrogens is 3. The average Bonchev–Trinajstić information content (AvgIpc) is 3.04. The maximum absolute atomic E-state index is 13.3. The van der Waals surface area contributed by atoms with E-state index >= 15 is 0 Å². The van der Waals surface area contributed by atoms with Gasteiger partial charge in [-0.15, -0.1) is 0 Å². The molecule has 2 aromatic carbocycles. The molecule has 2 aromatic heterocycles. The molecule has 4 aromatic rings. The molecule has 0 atom stereocenters. The van der Waals surface area contributed by atoms with Crippen molar-refractivity contribution in [3.8, 4) is 5.69 Å². The standard InChI is InChI=1S/C24H23FN4O/c1-14(2)17-5-9-19(10-6-17)27-24(30)21-13-15(3)26-23-22(21)16(4)28-29(23)20-11-7-18(25)8-12-20/h5-14H,1-4H3,(H,27,30). The Balaban J connectivity index is 1.75. The molecule has 152 valence electrons. The first-order chi connectivity index (χ1) is 14.3. The van der Waals surface area contributed by atoms with Gasteiger partial charge in [0.2, 0.25) is 0 Å². The molecule has 2 heterocycles. The van der Waals surface area contributed by atoms with E-state index in [1.807, 2.05) is 38.1 Å². The van der Waals surface area contributed by atoms with Crippen molar-refractivity contribution < 1.29 is 9.18 Å². The highest BCUT2D eigenvalue weighted by Gasteiger charge is 2.20. The van der Waals surface area contributed by atoms with Gasteiger partial charge in [-0.1, -0.05) is 26.0 Å². The summed E-state index contributed by atoms with van der Waals surface area (Å²) < 4.78 is 15.0. The van der Waals surface area contributed by atoms with Gasteiger partial charge in [-0.05, 0) is 67.8 Å². The zero-order chi connectivity index (χ0) is 21.4. The molecule has 5 nitrogen and oxygen atoms in total. The van der Waals surface area contributed by atoms with Gasteiger partial charge in [0.1, 0.15) is 5.82 Å². The predicted octanol–water partition coefficient (Wildman–Crippen LogP) is 5.55. The van der Waals surface area contributed by atoms with Crippen LogP contribution in [0.25, 0.3) is 16.7 Å². The summed E-state index contributed by atoms with van der Waals surface area (Å²) in [5.74, 6) is -0.110. The summed E-state index contributed by atoms with van der Waals surface area (Å²) in [6, 6.07) is 15.7. The number of nitrogens with one attached hydrogen (secondary N) is 1. The minimum atomic E-state index is -0.320. The lowest BCUT2D eigenvalue weighted by molar-refractivity contribution is 0.102. The molecule has 0 fully saturated rings. The zero-order valence-corrected chi connectivity index (χ0v) is 17.4. The average molecular weight is 402 g/mol. The summed E-state index contributed by atoms with van der Waals surface area (Å²) in [5, 5.41) is 8.22. The lowest BCUT2D eigenvalue weighted by atomic mass is 10.0. The number of halogens is 1. The van der Waals surface area contributed by atoms with Crippen LogP contribution in [0.1, 0.15) is 47.1 Å². The van der Waals surface area contributed by atoms with Gasteiger partial charge in [-0.3, -0.25) is 4.79 Å². The highest BCUT2D eigenvalue weighted by atomic mass is 19.1. The lowest BCUT2D eigenvalue weighted by Crippen LogP contribution is -2.13. The van der Waals surface area contributed by atoms with Crippen LogP contribution < -0.4 is 5.32 Å². The highest BCUT2D eigenvalue weighted by molar-refractivity contribution is 6.12. The molecule has 6 heteroatoms. The van der Waals surface area contributed by atoms with Crippen LogP contribution in [-0.4, -0.2) is 20.7 Å². The van der Waals surface area contributed by atoms with Crippen molar-refractivity contribution in [2.75, 3.05) is 5.32 Å². The Bertz CT molecular complexity index is 1230. The van der Waals surface area contributed by atoms with E-state index in [-0.39, 0.29) is 11.7 Å². The van der Waals surface area contributed by atoms with Crippen molar-refractivity contribution in [2.24, 2.45) is 0 Å². The van der Waals surface area contributed by atoms with Crippen LogP contribution in [0.2, 0.25) is 0 Å². The van der Waals surface area contributed by atoms with Crippen molar-refractivity contribution >= 4 is 22.6 Å². The van der Waals surface area contributed by atoms with E-state index in [2.05, 4.69) is 29.2 Å². The maximum Gasteiger partial charge on any atom is 0.256 e. The number of aryl methyl sites for hydroxylation is 2. The number of nitrogens with zero attached hydrogens (tertiary/aromatic N) is 3. The molecule has 1 amide bonds. The normalized spacial score (nSPS) is 11.3. The third-order valence-electron chi connectivity index (χ3n) is 5.09. The van der Waals surface area contributed by atoms with Crippen LogP contribution in [0.3, 0.4) is 0 Å². The predicted molar refractivity (Wildman–Crippen MR) is 117 cm³/mol. The number of fused-ring (bicyclic) bond motifs is 1. The highest BCUT2D eigenvalue weighted by Crippen LogP contribution is 2.26. The molecule has 30 heavy (non-hydrogen) atoms. The molecule has 0 spiro atoms. The van der Waals surface area contributed by atoms with Gasteiger partial charge in [0, 0.05) is 11.4 Å². The molecule has 1 N–H and O–H groups in total. The second-order valence-corrected chi connectivity index (χ2v) is 7.71. The van der Waals surface area contributed by atoms with E-state index in [1.165, 1.54) is 17.7 Å². The first kappa shape index (κ1) is 19.8. The summed E-state index contributed by atoms with van der Waals surface area (Å²) in [4.78, 5) is 17.7. The molecule has 0 unspecified atom stereocenters. The second kappa shape index (κ2) is 7.71. The van der Waals surface area contributed by atoms with E-state index in [9.17, 15) is 9.18 Å². The first-order valence-corrected chi connectivity index (χ1v) is 9.87. The Hall–Kier alpha value is -3.54. The number of hydrogen-bond donors (Lipinski definition) is 1. The molecule has 0 radical (unpaired) electrons. The Morgan fingerprint density at radius 3 is 2.33 bits per heavy atom. The first-order valence-electron chi connectivity index (χ1n) is 9.87. The molecule has 4 rings (SSSR count). The topological polar surface area (TPSA) is 59.8 Å². The summed E-state index contributed by atoms with van der Waals surface area (Å²) in [6.45, 7) is 7.94. The monoisotopic (exact) mass is 402 g/mol. The van der Waals surface area contributed by atoms with E-state index < -0.39 is 0 Å². The smallest absolute Gasteiger partial charge is 0.256 e. The van der Waals surface area contributed by atoms with E-state index in [1.54, 1.807) is 22.9 Å². The minimum Gasteiger partial charge on any atom is -0.322 e. The molecular formula is C24H23FN4O. The number of benzene rings is 2. The SMILES string of the molecule is Cc1cc(C(=O)Nc2ccc(C(C)C)cc2)c2c(C)nn(-c3ccc(F)cc3)c2n1. The molecule has 0 aliphatic rings.